The number of hydrogen-bond acceptors (Lipinski definition) is 4. The molecule has 10 aromatic rings. The van der Waals surface area contributed by atoms with Gasteiger partial charge in [0.25, 0.3) is 6.71 Å². The molecule has 1 saturated carbocycles. The average molecular weight is 1140 g/mol. The maximum atomic E-state index is 7.30. The van der Waals surface area contributed by atoms with E-state index in [0.717, 1.165) is 63.2 Å². The van der Waals surface area contributed by atoms with Crippen molar-refractivity contribution in [2.45, 2.75) is 181 Å². The fraction of sp³-hybridized carbons (Fsp3) is 0.341. The highest BCUT2D eigenvalue weighted by atomic mass is 16.3. The van der Waals surface area contributed by atoms with Crippen LogP contribution in [0.5, 0.6) is 0 Å². The van der Waals surface area contributed by atoms with E-state index in [1.165, 1.54) is 102 Å². The topological polar surface area (TPSA) is 22.9 Å². The molecule has 14 rings (SSSR count). The molecule has 5 heteroatoms. The van der Waals surface area contributed by atoms with Crippen LogP contribution in [0.1, 0.15) is 177 Å². The molecule has 4 aliphatic rings. The first kappa shape index (κ1) is 57.0. The van der Waals surface area contributed by atoms with E-state index in [9.17, 15) is 0 Å². The van der Waals surface area contributed by atoms with E-state index in [4.69, 9.17) is 4.42 Å². The molecule has 1 aliphatic carbocycles. The molecule has 0 spiro atoms. The van der Waals surface area contributed by atoms with Crippen LogP contribution in [-0.4, -0.2) is 12.3 Å². The van der Waals surface area contributed by atoms with Crippen LogP contribution in [0, 0.1) is 0 Å². The zero-order chi connectivity index (χ0) is 61.3. The van der Waals surface area contributed by atoms with E-state index in [2.05, 4.69) is 308 Å². The van der Waals surface area contributed by atoms with E-state index in [1.807, 2.05) is 0 Å². The van der Waals surface area contributed by atoms with Gasteiger partial charge in [-0.15, -0.1) is 0 Å². The molecular weight excluding hydrogens is 1050 g/mol. The fourth-order valence-electron chi connectivity index (χ4n) is 15.5. The summed E-state index contributed by atoms with van der Waals surface area (Å²) >= 11 is 0. The minimum absolute atomic E-state index is 0.0119. The third kappa shape index (κ3) is 8.97. The van der Waals surface area contributed by atoms with Gasteiger partial charge in [-0.3, -0.25) is 0 Å². The molecule has 2 unspecified atom stereocenters. The maximum Gasteiger partial charge on any atom is 0.252 e. The maximum absolute atomic E-state index is 7.30. The number of benzene rings is 9. The van der Waals surface area contributed by atoms with Crippen molar-refractivity contribution in [3.8, 4) is 22.3 Å². The summed E-state index contributed by atoms with van der Waals surface area (Å²) in [5, 5.41) is 2.31. The summed E-state index contributed by atoms with van der Waals surface area (Å²) in [4.78, 5) is 8.21. The van der Waals surface area contributed by atoms with Crippen molar-refractivity contribution in [2.24, 2.45) is 0 Å². The quantitative estimate of drug-likeness (QED) is 0.155. The fourth-order valence-corrected chi connectivity index (χ4v) is 15.5. The lowest BCUT2D eigenvalue weighted by Crippen LogP contribution is -2.64. The van der Waals surface area contributed by atoms with Crippen LogP contribution in [0.3, 0.4) is 0 Å². The van der Waals surface area contributed by atoms with Gasteiger partial charge in [-0.25, -0.2) is 0 Å². The largest absolute Gasteiger partial charge is 0.456 e. The van der Waals surface area contributed by atoms with Gasteiger partial charge < -0.3 is 19.1 Å². The van der Waals surface area contributed by atoms with Crippen molar-refractivity contribution in [1.29, 1.82) is 0 Å². The van der Waals surface area contributed by atoms with Crippen molar-refractivity contribution in [2.75, 3.05) is 14.7 Å². The number of rotatable bonds is 6. The van der Waals surface area contributed by atoms with Gasteiger partial charge in [0.15, 0.2) is 0 Å². The van der Waals surface area contributed by atoms with Crippen molar-refractivity contribution in [3.05, 3.63) is 209 Å². The highest BCUT2D eigenvalue weighted by Gasteiger charge is 2.62. The van der Waals surface area contributed by atoms with Crippen LogP contribution >= 0.6 is 0 Å². The average Bonchev–Trinajstić information content (AvgIpc) is 1.56. The lowest BCUT2D eigenvalue weighted by atomic mass is 9.33. The van der Waals surface area contributed by atoms with Gasteiger partial charge in [-0.2, -0.15) is 0 Å². The van der Waals surface area contributed by atoms with Crippen LogP contribution in [0.25, 0.3) is 44.2 Å². The second kappa shape index (κ2) is 19.4. The molecule has 3 aliphatic heterocycles. The van der Waals surface area contributed by atoms with Gasteiger partial charge in [-0.1, -0.05) is 239 Å². The van der Waals surface area contributed by atoms with Gasteiger partial charge in [-0.05, 0) is 162 Å². The molecule has 2 atom stereocenters. The molecule has 1 fully saturated rings. The Morgan fingerprint density at radius 3 is 1.45 bits per heavy atom. The number of fused-ring (bicyclic) bond motifs is 10. The molecule has 0 N–H and O–H groups in total. The van der Waals surface area contributed by atoms with Gasteiger partial charge in [0.05, 0.1) is 16.9 Å². The van der Waals surface area contributed by atoms with E-state index in [0.29, 0.717) is 0 Å². The third-order valence-electron chi connectivity index (χ3n) is 20.9. The van der Waals surface area contributed by atoms with Gasteiger partial charge >= 0.3 is 0 Å². The molecular formula is C82H88BN3O. The lowest BCUT2D eigenvalue weighted by Gasteiger charge is -2.53. The summed E-state index contributed by atoms with van der Waals surface area (Å²) in [6, 6.07) is 68.8. The first-order chi connectivity index (χ1) is 41.0. The summed E-state index contributed by atoms with van der Waals surface area (Å²) in [6.07, 6.45) is 4.64. The SMILES string of the molecule is CC(C)(C)c1ccc(N(c2ccc(C(C)(C)C)cc2)c2cc3c4c(c2)N2c5c(cc(C(C)(C)C)cc5C5(C)CCCCC25C)B4c2cc4c(cc2N3c2c(-c3ccccc3)cc(C(C)(C)C)cc2-c2ccccc2)oc2cc(C(C)(C)C)ccc24)cc1. The van der Waals surface area contributed by atoms with Crippen LogP contribution in [-0.2, 0) is 32.5 Å². The number of hydrogen-bond donors (Lipinski definition) is 0. The highest BCUT2D eigenvalue weighted by molar-refractivity contribution is 7.00. The number of furan rings is 1. The van der Waals surface area contributed by atoms with Crippen molar-refractivity contribution in [3.63, 3.8) is 0 Å². The smallest absolute Gasteiger partial charge is 0.252 e. The molecule has 9 aromatic carbocycles. The Bertz CT molecular complexity index is 4260. The van der Waals surface area contributed by atoms with E-state index in [1.54, 1.807) is 0 Å². The molecule has 0 amide bonds. The summed E-state index contributed by atoms with van der Waals surface area (Å²) < 4.78 is 7.30. The van der Waals surface area contributed by atoms with Crippen molar-refractivity contribution in [1.82, 2.24) is 0 Å². The molecule has 0 saturated heterocycles. The minimum atomic E-state index is -0.219. The number of nitrogens with zero attached hydrogens (tertiary/aromatic N) is 3. The first-order valence-electron chi connectivity index (χ1n) is 32.3. The monoisotopic (exact) mass is 1140 g/mol. The molecule has 0 radical (unpaired) electrons. The molecule has 4 nitrogen and oxygen atoms in total. The zero-order valence-corrected chi connectivity index (χ0v) is 54.9. The third-order valence-corrected chi connectivity index (χ3v) is 20.9. The Kier molecular flexibility index (Phi) is 12.7. The minimum Gasteiger partial charge on any atom is -0.456 e. The lowest BCUT2D eigenvalue weighted by molar-refractivity contribution is 0.195. The van der Waals surface area contributed by atoms with E-state index < -0.39 is 0 Å². The Morgan fingerprint density at radius 2 is 0.908 bits per heavy atom. The zero-order valence-electron chi connectivity index (χ0n) is 54.9. The Labute approximate surface area is 519 Å². The second-order valence-electron chi connectivity index (χ2n) is 31.8. The van der Waals surface area contributed by atoms with Crippen LogP contribution in [0.4, 0.5) is 45.5 Å². The predicted octanol–water partition coefficient (Wildman–Crippen LogP) is 21.2. The standard InChI is InChI=1S/C82H88BN3O/c1-76(2,3)53-30-35-58(36-31-53)84(59-37-32-54(33-38-59)77(4,5)6)60-47-69-73-70(48-60)86-75-65(81(16)40-24-25-41-82(81,86)17)44-57(80(13,14)15)45-67(75)83(73)66-49-64-61-39-34-55(78(7,8)9)46-71(61)87-72(64)50-68(66)85(69)74-62(51-26-20-18-21-27-51)42-56(79(10,11)12)43-63(74)52-28-22-19-23-29-52/h18-23,26-39,42-50H,24-25,40-41H2,1-17H3. The van der Waals surface area contributed by atoms with Gasteiger partial charge in [0, 0.05) is 67.5 Å². The van der Waals surface area contributed by atoms with Crippen LogP contribution in [0.15, 0.2) is 180 Å². The first-order valence-corrected chi connectivity index (χ1v) is 32.3. The van der Waals surface area contributed by atoms with Crippen LogP contribution in [0.2, 0.25) is 0 Å². The second-order valence-corrected chi connectivity index (χ2v) is 31.8. The summed E-state index contributed by atoms with van der Waals surface area (Å²) in [6.45, 7) is 40.3. The summed E-state index contributed by atoms with van der Waals surface area (Å²) in [7, 11) is 0. The highest BCUT2D eigenvalue weighted by Crippen LogP contribution is 2.63. The Balaban J connectivity index is 1.19. The Hall–Kier alpha value is -7.76. The summed E-state index contributed by atoms with van der Waals surface area (Å²) in [5.74, 6) is 0. The number of anilines is 8. The van der Waals surface area contributed by atoms with Crippen molar-refractivity contribution >= 4 is 90.5 Å². The predicted molar refractivity (Wildman–Crippen MR) is 375 cm³/mol. The van der Waals surface area contributed by atoms with E-state index in [-0.39, 0.29) is 44.7 Å². The Morgan fingerprint density at radius 1 is 0.414 bits per heavy atom. The molecule has 440 valence electrons. The molecule has 87 heavy (non-hydrogen) atoms. The molecule has 4 heterocycles. The van der Waals surface area contributed by atoms with Gasteiger partial charge in [0.2, 0.25) is 0 Å². The molecule has 0 bridgehead atoms. The summed E-state index contributed by atoms with van der Waals surface area (Å²) in [5.41, 5.74) is 27.7. The van der Waals surface area contributed by atoms with Crippen molar-refractivity contribution < 1.29 is 4.42 Å². The van der Waals surface area contributed by atoms with Crippen LogP contribution < -0.4 is 31.1 Å². The van der Waals surface area contributed by atoms with Gasteiger partial charge in [0.1, 0.15) is 11.2 Å². The molecule has 1 aromatic heterocycles. The normalized spacial score (nSPS) is 18.2. The van der Waals surface area contributed by atoms with E-state index >= 15 is 0 Å².